The molecule has 8 heteroatoms. The Hall–Kier alpha value is -4.90. The van der Waals surface area contributed by atoms with E-state index in [1.165, 1.54) is 0 Å². The highest BCUT2D eigenvalue weighted by atomic mass is 16.5. The molecule has 2 heterocycles. The van der Waals surface area contributed by atoms with Crippen LogP contribution < -0.4 is 19.5 Å². The zero-order valence-corrected chi connectivity index (χ0v) is 19.3. The normalized spacial score (nSPS) is 10.7. The third-order valence-electron chi connectivity index (χ3n) is 5.61. The van der Waals surface area contributed by atoms with Crippen molar-refractivity contribution in [2.75, 3.05) is 19.5 Å². The summed E-state index contributed by atoms with van der Waals surface area (Å²) in [5.41, 5.74) is 4.36. The van der Waals surface area contributed by atoms with Gasteiger partial charge in [0.1, 0.15) is 41.2 Å². The predicted molar refractivity (Wildman–Crippen MR) is 133 cm³/mol. The zero-order valence-electron chi connectivity index (χ0n) is 19.3. The van der Waals surface area contributed by atoms with Crippen molar-refractivity contribution in [1.82, 2.24) is 14.6 Å². The van der Waals surface area contributed by atoms with E-state index < -0.39 is 0 Å². The Morgan fingerprint density at radius 3 is 2.46 bits per heavy atom. The Balaban J connectivity index is 1.49. The van der Waals surface area contributed by atoms with Crippen LogP contribution in [0.2, 0.25) is 0 Å². The molecule has 0 bridgehead atoms. The lowest BCUT2D eigenvalue weighted by Gasteiger charge is -2.13. The highest BCUT2D eigenvalue weighted by molar-refractivity contribution is 5.82. The largest absolute Gasteiger partial charge is 0.497 e. The smallest absolute Gasteiger partial charge is 0.173 e. The quantitative estimate of drug-likeness (QED) is 0.312. The summed E-state index contributed by atoms with van der Waals surface area (Å²) in [5.74, 6) is 2.72. The van der Waals surface area contributed by atoms with Crippen molar-refractivity contribution in [2.24, 2.45) is 0 Å². The van der Waals surface area contributed by atoms with Crippen LogP contribution in [0, 0.1) is 11.3 Å². The van der Waals surface area contributed by atoms with Gasteiger partial charge in [-0.25, -0.2) is 9.50 Å². The maximum atomic E-state index is 9.52. The second kappa shape index (κ2) is 9.53. The first kappa shape index (κ1) is 21.9. The molecule has 0 amide bonds. The summed E-state index contributed by atoms with van der Waals surface area (Å²) in [6.45, 7) is 0.489. The van der Waals surface area contributed by atoms with Gasteiger partial charge in [-0.1, -0.05) is 30.3 Å². The number of nitriles is 1. The standard InChI is InChI=1S/C27H23N5O3/c1-33-22-12-13-23(24(14-22)34-2)30-27-25(31-26-20(15-28)16-29-32(26)27)19-8-10-21(11-9-19)35-17-18-6-4-3-5-7-18/h3-14,16,29-30H,17H2,1-2H3. The number of imidazole rings is 1. The number of H-pyrrole nitrogens is 1. The average molecular weight is 466 g/mol. The Morgan fingerprint density at radius 1 is 0.971 bits per heavy atom. The summed E-state index contributed by atoms with van der Waals surface area (Å²) >= 11 is 0. The fourth-order valence-corrected chi connectivity index (χ4v) is 3.80. The summed E-state index contributed by atoms with van der Waals surface area (Å²) in [6.07, 6.45) is 1.63. The maximum absolute atomic E-state index is 9.52. The molecular formula is C27H23N5O3. The highest BCUT2D eigenvalue weighted by Crippen LogP contribution is 2.36. The lowest BCUT2D eigenvalue weighted by Crippen LogP contribution is -2.00. The summed E-state index contributed by atoms with van der Waals surface area (Å²) in [6, 6.07) is 25.4. The topological polar surface area (TPSA) is 96.6 Å². The summed E-state index contributed by atoms with van der Waals surface area (Å²) in [4.78, 5) is 4.76. The van der Waals surface area contributed by atoms with Crippen molar-refractivity contribution in [3.63, 3.8) is 0 Å². The third-order valence-corrected chi connectivity index (χ3v) is 5.61. The minimum Gasteiger partial charge on any atom is -0.497 e. The monoisotopic (exact) mass is 465 g/mol. The van der Waals surface area contributed by atoms with Crippen LogP contribution >= 0.6 is 0 Å². The van der Waals surface area contributed by atoms with E-state index in [-0.39, 0.29) is 0 Å². The summed E-state index contributed by atoms with van der Waals surface area (Å²) in [5, 5.41) is 16.0. The summed E-state index contributed by atoms with van der Waals surface area (Å²) in [7, 11) is 3.21. The van der Waals surface area contributed by atoms with E-state index >= 15 is 0 Å². The van der Waals surface area contributed by atoms with Crippen molar-refractivity contribution in [2.45, 2.75) is 6.61 Å². The zero-order chi connectivity index (χ0) is 24.2. The first-order chi connectivity index (χ1) is 17.2. The molecule has 2 aromatic heterocycles. The first-order valence-electron chi connectivity index (χ1n) is 11.0. The van der Waals surface area contributed by atoms with Crippen LogP contribution in [0.5, 0.6) is 17.2 Å². The van der Waals surface area contributed by atoms with E-state index in [2.05, 4.69) is 16.5 Å². The number of rotatable bonds is 8. The molecule has 0 fully saturated rings. The van der Waals surface area contributed by atoms with Gasteiger partial charge in [-0.05, 0) is 42.0 Å². The van der Waals surface area contributed by atoms with Crippen molar-refractivity contribution in [3.8, 4) is 34.6 Å². The van der Waals surface area contributed by atoms with Gasteiger partial charge >= 0.3 is 0 Å². The van der Waals surface area contributed by atoms with E-state index in [0.29, 0.717) is 40.8 Å². The fraction of sp³-hybridized carbons (Fsp3) is 0.111. The molecule has 5 rings (SSSR count). The average Bonchev–Trinajstić information content (AvgIpc) is 3.48. The van der Waals surface area contributed by atoms with Gasteiger partial charge in [-0.2, -0.15) is 5.26 Å². The van der Waals surface area contributed by atoms with E-state index in [1.807, 2.05) is 66.7 Å². The maximum Gasteiger partial charge on any atom is 0.173 e. The van der Waals surface area contributed by atoms with Crippen LogP contribution in [-0.2, 0) is 6.61 Å². The molecule has 0 spiro atoms. The van der Waals surface area contributed by atoms with Gasteiger partial charge in [0.15, 0.2) is 11.5 Å². The van der Waals surface area contributed by atoms with E-state index in [9.17, 15) is 5.26 Å². The number of hydrogen-bond acceptors (Lipinski definition) is 6. The Morgan fingerprint density at radius 2 is 1.74 bits per heavy atom. The number of nitrogens with one attached hydrogen (secondary N) is 2. The molecule has 35 heavy (non-hydrogen) atoms. The lowest BCUT2D eigenvalue weighted by molar-refractivity contribution is 0.306. The molecule has 0 unspecified atom stereocenters. The van der Waals surface area contributed by atoms with Crippen LogP contribution in [0.25, 0.3) is 16.9 Å². The molecule has 8 nitrogen and oxygen atoms in total. The number of aromatic nitrogens is 3. The Labute approximate surface area is 202 Å². The molecule has 0 aliphatic heterocycles. The van der Waals surface area contributed by atoms with Crippen LogP contribution in [0.4, 0.5) is 11.5 Å². The van der Waals surface area contributed by atoms with Crippen LogP contribution in [0.15, 0.2) is 79.0 Å². The van der Waals surface area contributed by atoms with Crippen molar-refractivity contribution in [3.05, 3.63) is 90.1 Å². The van der Waals surface area contributed by atoms with Crippen LogP contribution in [-0.4, -0.2) is 28.8 Å². The Bertz CT molecular complexity index is 1500. The molecule has 0 atom stereocenters. The summed E-state index contributed by atoms with van der Waals surface area (Å²) < 4.78 is 18.5. The number of aromatic amines is 1. The third kappa shape index (κ3) is 4.35. The van der Waals surface area contributed by atoms with Gasteiger partial charge in [0.05, 0.1) is 19.9 Å². The van der Waals surface area contributed by atoms with Gasteiger partial charge in [-0.15, -0.1) is 0 Å². The molecule has 5 aromatic rings. The first-order valence-corrected chi connectivity index (χ1v) is 11.0. The van der Waals surface area contributed by atoms with Gasteiger partial charge in [0.25, 0.3) is 0 Å². The number of ether oxygens (including phenoxy) is 3. The molecular weight excluding hydrogens is 442 g/mol. The molecule has 0 aliphatic rings. The van der Waals surface area contributed by atoms with Crippen molar-refractivity contribution >= 4 is 17.2 Å². The second-order valence-corrected chi connectivity index (χ2v) is 7.76. The minimum atomic E-state index is 0.448. The van der Waals surface area contributed by atoms with Crippen LogP contribution in [0.1, 0.15) is 11.1 Å². The van der Waals surface area contributed by atoms with E-state index in [1.54, 1.807) is 31.0 Å². The van der Waals surface area contributed by atoms with Gasteiger partial charge in [-0.3, -0.25) is 5.10 Å². The molecule has 0 saturated heterocycles. The predicted octanol–water partition coefficient (Wildman–Crippen LogP) is 5.54. The fourth-order valence-electron chi connectivity index (χ4n) is 3.80. The molecule has 0 radical (unpaired) electrons. The number of benzene rings is 3. The number of nitrogens with zero attached hydrogens (tertiary/aromatic N) is 3. The molecule has 0 aliphatic carbocycles. The number of methoxy groups -OCH3 is 2. The molecule has 2 N–H and O–H groups in total. The van der Waals surface area contributed by atoms with E-state index in [0.717, 1.165) is 22.6 Å². The molecule has 3 aromatic carbocycles. The van der Waals surface area contributed by atoms with Crippen molar-refractivity contribution in [1.29, 1.82) is 5.26 Å². The molecule has 0 saturated carbocycles. The SMILES string of the molecule is COc1ccc(Nc2c(-c3ccc(OCc4ccccc4)cc3)nc3c(C#N)c[nH]n23)c(OC)c1. The number of anilines is 2. The second-order valence-electron chi connectivity index (χ2n) is 7.76. The number of fused-ring (bicyclic) bond motifs is 1. The number of hydrogen-bond donors (Lipinski definition) is 2. The molecule has 174 valence electrons. The van der Waals surface area contributed by atoms with Gasteiger partial charge in [0, 0.05) is 17.8 Å². The minimum absolute atomic E-state index is 0.448. The van der Waals surface area contributed by atoms with Gasteiger partial charge in [0.2, 0.25) is 0 Å². The van der Waals surface area contributed by atoms with Crippen molar-refractivity contribution < 1.29 is 14.2 Å². The van der Waals surface area contributed by atoms with Gasteiger partial charge < -0.3 is 19.5 Å². The van der Waals surface area contributed by atoms with E-state index in [4.69, 9.17) is 19.2 Å². The lowest BCUT2D eigenvalue weighted by atomic mass is 10.1. The Kier molecular flexibility index (Phi) is 5.97. The van der Waals surface area contributed by atoms with Crippen LogP contribution in [0.3, 0.4) is 0 Å². The highest BCUT2D eigenvalue weighted by Gasteiger charge is 2.19.